The molecule has 1 fully saturated rings. The smallest absolute Gasteiger partial charge is 0.261 e. The highest BCUT2D eigenvalue weighted by atomic mass is 32.2. The van der Waals surface area contributed by atoms with Crippen molar-refractivity contribution in [1.29, 1.82) is 0 Å². The van der Waals surface area contributed by atoms with Crippen LogP contribution in [0.2, 0.25) is 0 Å². The number of hydrogen-bond donors (Lipinski definition) is 2. The Balaban J connectivity index is 1.81. The van der Waals surface area contributed by atoms with Gasteiger partial charge in [0.25, 0.3) is 11.5 Å². The molecule has 0 aliphatic heterocycles. The maximum Gasteiger partial charge on any atom is 0.261 e. The fraction of sp³-hybridized carbons (Fsp3) is 0.333. The minimum atomic E-state index is -3.28. The number of pyridine rings is 1. The minimum Gasteiger partial charge on any atom is -0.345 e. The summed E-state index contributed by atoms with van der Waals surface area (Å²) in [5, 5.41) is 3.87. The van der Waals surface area contributed by atoms with E-state index in [0.717, 1.165) is 41.2 Å². The zero-order valence-electron chi connectivity index (χ0n) is 16.2. The van der Waals surface area contributed by atoms with Gasteiger partial charge in [-0.15, -0.1) is 0 Å². The van der Waals surface area contributed by atoms with Gasteiger partial charge in [-0.25, -0.2) is 8.42 Å². The van der Waals surface area contributed by atoms with Crippen LogP contribution in [-0.4, -0.2) is 31.6 Å². The second-order valence-electron chi connectivity index (χ2n) is 7.41. The Kier molecular flexibility index (Phi) is 5.56. The molecule has 28 heavy (non-hydrogen) atoms. The predicted octanol–water partition coefficient (Wildman–Crippen LogP) is 2.73. The number of hydrogen-bond acceptors (Lipinski definition) is 4. The molecule has 1 aromatic carbocycles. The normalized spacial score (nSPS) is 15.5. The highest BCUT2D eigenvalue weighted by molar-refractivity contribution is 7.93. The third-order valence-electron chi connectivity index (χ3n) is 4.93. The summed E-state index contributed by atoms with van der Waals surface area (Å²) in [7, 11) is -3.28. The van der Waals surface area contributed by atoms with Gasteiger partial charge in [-0.05, 0) is 67.5 Å². The summed E-state index contributed by atoms with van der Waals surface area (Å²) in [4.78, 5) is 27.8. The topological polar surface area (TPSA) is 96.1 Å². The highest BCUT2D eigenvalue weighted by Crippen LogP contribution is 2.33. The van der Waals surface area contributed by atoms with Gasteiger partial charge in [0.15, 0.2) is 9.84 Å². The Morgan fingerprint density at radius 2 is 1.89 bits per heavy atom. The van der Waals surface area contributed by atoms with Crippen LogP contribution in [0.5, 0.6) is 0 Å². The van der Waals surface area contributed by atoms with Crippen LogP contribution >= 0.6 is 0 Å². The molecule has 2 N–H and O–H groups in total. The van der Waals surface area contributed by atoms with Crippen molar-refractivity contribution in [1.82, 2.24) is 10.3 Å². The molecule has 1 amide bonds. The van der Waals surface area contributed by atoms with Gasteiger partial charge in [0.05, 0.1) is 6.04 Å². The third kappa shape index (κ3) is 4.98. The SMILES string of the molecule is Cc1ccc(-c2ccc(C(=O)N[C@H](/C=C/S(C)(=O)=O)C3CC3)c(=O)[nH]2)cc1C. The summed E-state index contributed by atoms with van der Waals surface area (Å²) < 4.78 is 22.7. The lowest BCUT2D eigenvalue weighted by Crippen LogP contribution is -2.38. The Bertz CT molecular complexity index is 1100. The maximum atomic E-state index is 12.6. The van der Waals surface area contributed by atoms with Crippen molar-refractivity contribution in [2.75, 3.05) is 6.26 Å². The van der Waals surface area contributed by atoms with E-state index in [1.165, 1.54) is 12.1 Å². The zero-order chi connectivity index (χ0) is 20.5. The molecule has 0 bridgehead atoms. The van der Waals surface area contributed by atoms with Crippen LogP contribution in [0.4, 0.5) is 0 Å². The Labute approximate surface area is 164 Å². The lowest BCUT2D eigenvalue weighted by Gasteiger charge is -2.14. The number of carbonyl (C=O) groups excluding carboxylic acids is 1. The molecule has 0 radical (unpaired) electrons. The molecule has 0 unspecified atom stereocenters. The number of H-pyrrole nitrogens is 1. The molecule has 1 heterocycles. The van der Waals surface area contributed by atoms with E-state index in [0.29, 0.717) is 5.69 Å². The molecule has 0 spiro atoms. The summed E-state index contributed by atoms with van der Waals surface area (Å²) in [6.45, 7) is 4.02. The van der Waals surface area contributed by atoms with E-state index in [2.05, 4.69) is 10.3 Å². The number of carbonyl (C=O) groups is 1. The largest absolute Gasteiger partial charge is 0.345 e. The second-order valence-corrected chi connectivity index (χ2v) is 9.34. The summed E-state index contributed by atoms with van der Waals surface area (Å²) in [5.74, 6) is -0.307. The maximum absolute atomic E-state index is 12.6. The average molecular weight is 401 g/mol. The first-order chi connectivity index (χ1) is 13.1. The number of aromatic amines is 1. The van der Waals surface area contributed by atoms with Gasteiger partial charge in [0.2, 0.25) is 0 Å². The molecule has 1 saturated carbocycles. The molecular formula is C21H24N2O4S. The number of rotatable bonds is 6. The third-order valence-corrected chi connectivity index (χ3v) is 5.58. The summed E-state index contributed by atoms with van der Waals surface area (Å²) in [5.41, 5.74) is 3.32. The Hall–Kier alpha value is -2.67. The second kappa shape index (κ2) is 7.75. The first-order valence-electron chi connectivity index (χ1n) is 9.14. The van der Waals surface area contributed by atoms with Crippen molar-refractivity contribution in [3.8, 4) is 11.3 Å². The van der Waals surface area contributed by atoms with Gasteiger partial charge in [-0.3, -0.25) is 9.59 Å². The van der Waals surface area contributed by atoms with E-state index in [4.69, 9.17) is 0 Å². The van der Waals surface area contributed by atoms with Gasteiger partial charge in [0.1, 0.15) is 5.56 Å². The van der Waals surface area contributed by atoms with Crippen molar-refractivity contribution in [3.63, 3.8) is 0 Å². The van der Waals surface area contributed by atoms with Crippen LogP contribution in [0.15, 0.2) is 46.6 Å². The molecule has 0 saturated heterocycles. The molecule has 6 nitrogen and oxygen atoms in total. The van der Waals surface area contributed by atoms with E-state index < -0.39 is 27.3 Å². The van der Waals surface area contributed by atoms with Gasteiger partial charge >= 0.3 is 0 Å². The molecule has 1 aliphatic carbocycles. The van der Waals surface area contributed by atoms with Gasteiger partial charge in [-0.1, -0.05) is 18.2 Å². The molecule has 7 heteroatoms. The van der Waals surface area contributed by atoms with E-state index in [1.807, 2.05) is 32.0 Å². The summed E-state index contributed by atoms with van der Waals surface area (Å²) >= 11 is 0. The van der Waals surface area contributed by atoms with Crippen molar-refractivity contribution in [3.05, 3.63) is 68.9 Å². The van der Waals surface area contributed by atoms with Crippen LogP contribution < -0.4 is 10.9 Å². The van der Waals surface area contributed by atoms with E-state index in [1.54, 1.807) is 6.07 Å². The number of amides is 1. The molecule has 1 aromatic heterocycles. The zero-order valence-corrected chi connectivity index (χ0v) is 17.0. The quantitative estimate of drug-likeness (QED) is 0.779. The van der Waals surface area contributed by atoms with Crippen LogP contribution in [0, 0.1) is 19.8 Å². The number of aromatic nitrogens is 1. The van der Waals surface area contributed by atoms with Crippen molar-refractivity contribution in [2.24, 2.45) is 5.92 Å². The summed E-state index contributed by atoms with van der Waals surface area (Å²) in [6.07, 6.45) is 4.43. The first-order valence-corrected chi connectivity index (χ1v) is 11.1. The van der Waals surface area contributed by atoms with Crippen LogP contribution in [0.1, 0.15) is 34.3 Å². The molecule has 1 atom stereocenters. The molecule has 2 aromatic rings. The average Bonchev–Trinajstić information content (AvgIpc) is 3.45. The van der Waals surface area contributed by atoms with E-state index in [-0.39, 0.29) is 11.5 Å². The minimum absolute atomic E-state index is 0.00555. The van der Waals surface area contributed by atoms with Crippen molar-refractivity contribution < 1.29 is 13.2 Å². The van der Waals surface area contributed by atoms with Crippen molar-refractivity contribution in [2.45, 2.75) is 32.7 Å². The van der Waals surface area contributed by atoms with Crippen LogP contribution in [-0.2, 0) is 9.84 Å². The van der Waals surface area contributed by atoms with Crippen LogP contribution in [0.3, 0.4) is 0 Å². The molecular weight excluding hydrogens is 376 g/mol. The molecule has 1 aliphatic rings. The molecule has 3 rings (SSSR count). The van der Waals surface area contributed by atoms with Gasteiger partial charge < -0.3 is 10.3 Å². The van der Waals surface area contributed by atoms with E-state index in [9.17, 15) is 18.0 Å². The Morgan fingerprint density at radius 1 is 1.18 bits per heavy atom. The predicted molar refractivity (Wildman–Crippen MR) is 110 cm³/mol. The lowest BCUT2D eigenvalue weighted by atomic mass is 10.0. The number of benzene rings is 1. The van der Waals surface area contributed by atoms with E-state index >= 15 is 0 Å². The number of aryl methyl sites for hydroxylation is 2. The fourth-order valence-electron chi connectivity index (χ4n) is 2.96. The summed E-state index contributed by atoms with van der Waals surface area (Å²) in [6, 6.07) is 8.70. The first kappa shape index (κ1) is 20.1. The standard InChI is InChI=1S/C21H24N2O4S/c1-13-4-5-16(12-14(13)2)18-9-8-17(20(24)22-18)21(25)23-19(15-6-7-15)10-11-28(3,26)27/h4-5,8-12,15,19H,6-7H2,1-3H3,(H,22,24)(H,23,25)/b11-10+/t19-/m1/s1. The lowest BCUT2D eigenvalue weighted by molar-refractivity contribution is 0.0939. The fourth-order valence-corrected chi connectivity index (χ4v) is 3.42. The number of nitrogens with one attached hydrogen (secondary N) is 2. The van der Waals surface area contributed by atoms with Crippen molar-refractivity contribution >= 4 is 15.7 Å². The van der Waals surface area contributed by atoms with Gasteiger partial charge in [-0.2, -0.15) is 0 Å². The number of sulfone groups is 1. The van der Waals surface area contributed by atoms with Crippen LogP contribution in [0.25, 0.3) is 11.3 Å². The van der Waals surface area contributed by atoms with Gasteiger partial charge in [0, 0.05) is 17.4 Å². The Morgan fingerprint density at radius 3 is 2.46 bits per heavy atom. The molecule has 148 valence electrons. The highest BCUT2D eigenvalue weighted by Gasteiger charge is 2.31. The monoisotopic (exact) mass is 400 g/mol.